The number of nitrogens with two attached hydrogens (primary N) is 1. The van der Waals surface area contributed by atoms with Crippen LogP contribution in [0.1, 0.15) is 28.0 Å². The van der Waals surface area contributed by atoms with Crippen LogP contribution in [0.5, 0.6) is 0 Å². The molecule has 0 saturated carbocycles. The molecule has 0 spiro atoms. The van der Waals surface area contributed by atoms with Crippen molar-refractivity contribution in [2.75, 3.05) is 17.6 Å². The van der Waals surface area contributed by atoms with E-state index in [1.165, 1.54) is 4.90 Å². The van der Waals surface area contributed by atoms with Gasteiger partial charge in [0.25, 0.3) is 5.91 Å². The molecule has 9 heteroatoms. The highest BCUT2D eigenvalue weighted by molar-refractivity contribution is 6.16. The molecule has 0 saturated heterocycles. The summed E-state index contributed by atoms with van der Waals surface area (Å²) in [6.45, 7) is 1.72. The molecule has 5 rings (SSSR count). The van der Waals surface area contributed by atoms with Crippen molar-refractivity contribution in [3.8, 4) is 0 Å². The number of ketones is 1. The molecule has 1 aliphatic heterocycles. The highest BCUT2D eigenvalue weighted by Gasteiger charge is 2.35. The molecule has 2 heterocycles. The van der Waals surface area contributed by atoms with Crippen LogP contribution < -0.4 is 16.4 Å². The number of aliphatic imine (C=N–C) groups is 1. The first-order valence-corrected chi connectivity index (χ1v) is 12.8. The van der Waals surface area contributed by atoms with Crippen LogP contribution in [0.3, 0.4) is 0 Å². The van der Waals surface area contributed by atoms with Crippen molar-refractivity contribution < 1.29 is 14.4 Å². The lowest BCUT2D eigenvalue weighted by Crippen LogP contribution is -2.49. The number of carbonyl (C=O) groups excluding carboxylic acids is 3. The van der Waals surface area contributed by atoms with Crippen molar-refractivity contribution in [1.82, 2.24) is 15.2 Å². The second-order valence-electron chi connectivity index (χ2n) is 9.38. The van der Waals surface area contributed by atoms with Gasteiger partial charge in [-0.3, -0.25) is 14.6 Å². The molecule has 1 aromatic heterocycles. The summed E-state index contributed by atoms with van der Waals surface area (Å²) in [7, 11) is 0. The van der Waals surface area contributed by atoms with Gasteiger partial charge in [-0.2, -0.15) is 0 Å². The predicted octanol–water partition coefficient (Wildman–Crippen LogP) is 4.40. The molecule has 3 aromatic rings. The van der Waals surface area contributed by atoms with Gasteiger partial charge in [0.15, 0.2) is 5.78 Å². The Morgan fingerprint density at radius 1 is 1.05 bits per heavy atom. The highest BCUT2D eigenvalue weighted by atomic mass is 16.2. The molecule has 1 atom stereocenters. The number of nitrogens with zero attached hydrogens (tertiary/aromatic N) is 3. The number of anilines is 2. The van der Waals surface area contributed by atoms with Gasteiger partial charge in [0.2, 0.25) is 6.17 Å². The van der Waals surface area contributed by atoms with Crippen molar-refractivity contribution in [2.45, 2.75) is 19.5 Å². The lowest BCUT2D eigenvalue weighted by molar-refractivity contribution is -0.130. The van der Waals surface area contributed by atoms with Crippen LogP contribution in [0.4, 0.5) is 16.2 Å². The molecule has 0 unspecified atom stereocenters. The van der Waals surface area contributed by atoms with E-state index in [1.807, 2.05) is 49.4 Å². The maximum Gasteiger partial charge on any atom is 0.321 e. The van der Waals surface area contributed by atoms with Crippen LogP contribution in [0.15, 0.2) is 113 Å². The number of amides is 3. The maximum atomic E-state index is 14.1. The number of urea groups is 1. The molecular formula is C31H28N6O3. The van der Waals surface area contributed by atoms with Crippen molar-refractivity contribution in [2.24, 2.45) is 4.99 Å². The number of aryl methyl sites for hydroxylation is 1. The van der Waals surface area contributed by atoms with E-state index < -0.39 is 18.1 Å². The number of pyridine rings is 1. The van der Waals surface area contributed by atoms with E-state index in [1.54, 1.807) is 54.7 Å². The average molecular weight is 533 g/mol. The monoisotopic (exact) mass is 532 g/mol. The number of allylic oxidation sites excluding steroid dienone is 5. The third kappa shape index (κ3) is 5.88. The summed E-state index contributed by atoms with van der Waals surface area (Å²) in [5.41, 5.74) is 10.5. The molecule has 40 heavy (non-hydrogen) atoms. The van der Waals surface area contributed by atoms with E-state index in [9.17, 15) is 14.4 Å². The number of hydrogen-bond acceptors (Lipinski definition) is 6. The van der Waals surface area contributed by atoms with E-state index in [2.05, 4.69) is 15.6 Å². The SMILES string of the molecule is Cc1ccc(C(=O)CN2C(=O)[C@@H](NC(=O)Nc3cccc(N)c3)N=C(c3ccccn3)C3=C2CC=CC=C3)cc1. The van der Waals surface area contributed by atoms with Gasteiger partial charge in [0.05, 0.1) is 18.0 Å². The molecular weight excluding hydrogens is 504 g/mol. The number of hydrogen-bond donors (Lipinski definition) is 3. The Bertz CT molecular complexity index is 1570. The van der Waals surface area contributed by atoms with Crippen LogP contribution in [0.25, 0.3) is 0 Å². The zero-order chi connectivity index (χ0) is 28.1. The Labute approximate surface area is 231 Å². The first-order chi connectivity index (χ1) is 19.4. The Morgan fingerprint density at radius 3 is 2.62 bits per heavy atom. The lowest BCUT2D eigenvalue weighted by atomic mass is 10.0. The van der Waals surface area contributed by atoms with Crippen LogP contribution in [-0.4, -0.2) is 46.0 Å². The lowest BCUT2D eigenvalue weighted by Gasteiger charge is -2.26. The fraction of sp³-hybridized carbons (Fsp3) is 0.129. The summed E-state index contributed by atoms with van der Waals surface area (Å²) in [4.78, 5) is 51.1. The smallest absolute Gasteiger partial charge is 0.321 e. The summed E-state index contributed by atoms with van der Waals surface area (Å²) in [6, 6.07) is 18.6. The van der Waals surface area contributed by atoms with E-state index in [4.69, 9.17) is 10.7 Å². The average Bonchev–Trinajstić information content (AvgIpc) is 3.24. The normalized spacial score (nSPS) is 16.5. The second kappa shape index (κ2) is 11.6. The molecule has 2 aromatic carbocycles. The highest BCUT2D eigenvalue weighted by Crippen LogP contribution is 2.27. The van der Waals surface area contributed by atoms with Gasteiger partial charge in [-0.05, 0) is 37.3 Å². The summed E-state index contributed by atoms with van der Waals surface area (Å²) < 4.78 is 0. The Morgan fingerprint density at radius 2 is 1.88 bits per heavy atom. The molecule has 0 fully saturated rings. The van der Waals surface area contributed by atoms with Gasteiger partial charge in [-0.15, -0.1) is 0 Å². The van der Waals surface area contributed by atoms with Gasteiger partial charge >= 0.3 is 6.03 Å². The standard InChI is InChI=1S/C31H28N6O3/c1-20-13-15-21(16-14-20)27(38)19-37-26-12-4-2-3-10-24(26)28(25-11-5-6-17-33-25)35-29(30(37)39)36-31(40)34-23-9-7-8-22(32)18-23/h2-11,13-18,29H,12,19,32H2,1H3,(H2,34,36,40)/t29-/m1/s1. The third-order valence-corrected chi connectivity index (χ3v) is 6.47. The number of aromatic nitrogens is 1. The fourth-order valence-corrected chi connectivity index (χ4v) is 4.48. The number of benzene rings is 2. The number of Topliss-reactive ketones (excluding diaryl/α,β-unsaturated/α-hetero) is 1. The molecule has 0 bridgehead atoms. The molecule has 3 amide bonds. The zero-order valence-corrected chi connectivity index (χ0v) is 21.9. The van der Waals surface area contributed by atoms with Gasteiger partial charge in [-0.25, -0.2) is 9.79 Å². The van der Waals surface area contributed by atoms with E-state index >= 15 is 0 Å². The Hall–Kier alpha value is -5.31. The molecule has 200 valence electrons. The van der Waals surface area contributed by atoms with Gasteiger partial charge in [-0.1, -0.05) is 66.3 Å². The van der Waals surface area contributed by atoms with Gasteiger partial charge < -0.3 is 21.3 Å². The predicted molar refractivity (Wildman–Crippen MR) is 155 cm³/mol. The molecule has 2 aliphatic rings. The number of nitrogens with one attached hydrogen (secondary N) is 2. The molecule has 4 N–H and O–H groups in total. The third-order valence-electron chi connectivity index (χ3n) is 6.47. The Balaban J connectivity index is 1.54. The largest absolute Gasteiger partial charge is 0.399 e. The van der Waals surface area contributed by atoms with Crippen molar-refractivity contribution in [3.63, 3.8) is 0 Å². The molecule has 0 radical (unpaired) electrons. The summed E-state index contributed by atoms with van der Waals surface area (Å²) in [5, 5.41) is 5.37. The van der Waals surface area contributed by atoms with E-state index in [0.29, 0.717) is 46.0 Å². The minimum Gasteiger partial charge on any atom is -0.399 e. The Kier molecular flexibility index (Phi) is 7.63. The van der Waals surface area contributed by atoms with Crippen molar-refractivity contribution in [1.29, 1.82) is 0 Å². The second-order valence-corrected chi connectivity index (χ2v) is 9.38. The van der Waals surface area contributed by atoms with E-state index in [-0.39, 0.29) is 12.3 Å². The first kappa shape index (κ1) is 26.3. The van der Waals surface area contributed by atoms with Crippen LogP contribution >= 0.6 is 0 Å². The van der Waals surface area contributed by atoms with Gasteiger partial charge in [0.1, 0.15) is 0 Å². The quantitative estimate of drug-likeness (QED) is 0.320. The summed E-state index contributed by atoms with van der Waals surface area (Å²) in [5.74, 6) is -0.771. The zero-order valence-electron chi connectivity index (χ0n) is 21.9. The minimum atomic E-state index is -1.33. The van der Waals surface area contributed by atoms with Crippen LogP contribution in [0.2, 0.25) is 0 Å². The topological polar surface area (TPSA) is 130 Å². The molecule has 1 aliphatic carbocycles. The van der Waals surface area contributed by atoms with Crippen molar-refractivity contribution in [3.05, 3.63) is 125 Å². The summed E-state index contributed by atoms with van der Waals surface area (Å²) >= 11 is 0. The fourth-order valence-electron chi connectivity index (χ4n) is 4.48. The van der Waals surface area contributed by atoms with E-state index in [0.717, 1.165) is 5.56 Å². The number of rotatable bonds is 6. The minimum absolute atomic E-state index is 0.220. The maximum absolute atomic E-state index is 14.1. The summed E-state index contributed by atoms with van der Waals surface area (Å²) in [6.07, 6.45) is 8.17. The van der Waals surface area contributed by atoms with Crippen molar-refractivity contribution >= 4 is 34.8 Å². The van der Waals surface area contributed by atoms with Crippen LogP contribution in [-0.2, 0) is 4.79 Å². The van der Waals surface area contributed by atoms with Gasteiger partial charge in [0, 0.05) is 40.8 Å². The molecule has 9 nitrogen and oxygen atoms in total. The first-order valence-electron chi connectivity index (χ1n) is 12.8. The number of carbonyl (C=O) groups is 3. The number of nitrogen functional groups attached to an aromatic ring is 1. The van der Waals surface area contributed by atoms with Crippen LogP contribution in [0, 0.1) is 6.92 Å².